The van der Waals surface area contributed by atoms with Crippen molar-refractivity contribution in [3.8, 4) is 5.75 Å². The van der Waals surface area contributed by atoms with Gasteiger partial charge in [0.2, 0.25) is 0 Å². The van der Waals surface area contributed by atoms with Crippen LogP contribution in [0.4, 0.5) is 4.79 Å². The molecule has 1 fully saturated rings. The number of ether oxygens (including phenoxy) is 2. The highest BCUT2D eigenvalue weighted by molar-refractivity contribution is 6.30. The van der Waals surface area contributed by atoms with Gasteiger partial charge in [0.15, 0.2) is 12.4 Å². The summed E-state index contributed by atoms with van der Waals surface area (Å²) in [6.07, 6.45) is 1.35. The Morgan fingerprint density at radius 2 is 1.74 bits per heavy atom. The molecule has 9 heteroatoms. The number of hydrogen-bond acceptors (Lipinski definition) is 5. The smallest absolute Gasteiger partial charge is 0.409 e. The van der Waals surface area contributed by atoms with Gasteiger partial charge in [0.1, 0.15) is 5.75 Å². The molecule has 2 amide bonds. The topological polar surface area (TPSA) is 76.9 Å². The SMILES string of the molecule is CCOC(=O)N1CCN(C(=O)c2ccn(COc3ccc(Cl)cc3)n2)CC1. The minimum absolute atomic E-state index is 0.163. The van der Waals surface area contributed by atoms with Crippen LogP contribution in [0.25, 0.3) is 0 Å². The zero-order chi connectivity index (χ0) is 19.2. The molecule has 0 atom stereocenters. The molecule has 1 aliphatic rings. The first-order chi connectivity index (χ1) is 13.1. The van der Waals surface area contributed by atoms with E-state index in [9.17, 15) is 9.59 Å². The van der Waals surface area contributed by atoms with Gasteiger partial charge < -0.3 is 19.3 Å². The van der Waals surface area contributed by atoms with Gasteiger partial charge in [-0.25, -0.2) is 9.48 Å². The number of carbonyl (C=O) groups excluding carboxylic acids is 2. The fourth-order valence-electron chi connectivity index (χ4n) is 2.69. The molecule has 1 aromatic carbocycles. The van der Waals surface area contributed by atoms with E-state index in [4.69, 9.17) is 21.1 Å². The number of nitrogens with zero attached hydrogens (tertiary/aromatic N) is 4. The number of rotatable bonds is 5. The summed E-state index contributed by atoms with van der Waals surface area (Å²) in [5, 5.41) is 4.91. The predicted octanol–water partition coefficient (Wildman–Crippen LogP) is 2.49. The third kappa shape index (κ3) is 4.91. The average molecular weight is 393 g/mol. The Balaban J connectivity index is 1.51. The molecule has 1 aliphatic heterocycles. The summed E-state index contributed by atoms with van der Waals surface area (Å²) in [5.74, 6) is 0.501. The van der Waals surface area contributed by atoms with Crippen LogP contribution in [0.15, 0.2) is 36.5 Å². The lowest BCUT2D eigenvalue weighted by Gasteiger charge is -2.33. The monoisotopic (exact) mass is 392 g/mol. The Bertz CT molecular complexity index is 785. The molecule has 27 heavy (non-hydrogen) atoms. The lowest BCUT2D eigenvalue weighted by molar-refractivity contribution is 0.0564. The summed E-state index contributed by atoms with van der Waals surface area (Å²) in [4.78, 5) is 27.6. The summed E-state index contributed by atoms with van der Waals surface area (Å²) >= 11 is 5.84. The van der Waals surface area contributed by atoms with Crippen LogP contribution < -0.4 is 4.74 Å². The molecule has 0 unspecified atom stereocenters. The van der Waals surface area contributed by atoms with E-state index >= 15 is 0 Å². The summed E-state index contributed by atoms with van der Waals surface area (Å²) < 4.78 is 12.1. The van der Waals surface area contributed by atoms with Crippen LogP contribution in [0.3, 0.4) is 0 Å². The Morgan fingerprint density at radius 3 is 2.41 bits per heavy atom. The molecule has 3 rings (SSSR count). The van der Waals surface area contributed by atoms with Crippen LogP contribution in [0.1, 0.15) is 17.4 Å². The van der Waals surface area contributed by atoms with Gasteiger partial charge in [0.05, 0.1) is 6.61 Å². The molecular formula is C18H21ClN4O4. The van der Waals surface area contributed by atoms with Crippen molar-refractivity contribution in [1.29, 1.82) is 0 Å². The predicted molar refractivity (Wildman–Crippen MR) is 98.8 cm³/mol. The molecule has 1 saturated heterocycles. The second kappa shape index (κ2) is 8.77. The van der Waals surface area contributed by atoms with Gasteiger partial charge >= 0.3 is 6.09 Å². The second-order valence-electron chi connectivity index (χ2n) is 5.95. The van der Waals surface area contributed by atoms with Gasteiger partial charge in [0, 0.05) is 37.4 Å². The molecular weight excluding hydrogens is 372 g/mol. The molecule has 8 nitrogen and oxygen atoms in total. The lowest BCUT2D eigenvalue weighted by atomic mass is 10.3. The molecule has 0 saturated carbocycles. The number of carbonyl (C=O) groups is 2. The van der Waals surface area contributed by atoms with E-state index in [1.807, 2.05) is 0 Å². The zero-order valence-electron chi connectivity index (χ0n) is 15.0. The number of aromatic nitrogens is 2. The zero-order valence-corrected chi connectivity index (χ0v) is 15.8. The number of halogens is 1. The van der Waals surface area contributed by atoms with Gasteiger partial charge in [-0.3, -0.25) is 4.79 Å². The van der Waals surface area contributed by atoms with Crippen LogP contribution in [0, 0.1) is 0 Å². The van der Waals surface area contributed by atoms with Gasteiger partial charge in [-0.15, -0.1) is 0 Å². The molecule has 2 aromatic rings. The van der Waals surface area contributed by atoms with Crippen molar-refractivity contribution < 1.29 is 19.1 Å². The fraction of sp³-hybridized carbons (Fsp3) is 0.389. The minimum atomic E-state index is -0.340. The van der Waals surface area contributed by atoms with Crippen molar-refractivity contribution in [3.05, 3.63) is 47.2 Å². The summed E-state index contributed by atoms with van der Waals surface area (Å²) in [5.41, 5.74) is 0.347. The number of piperazine rings is 1. The van der Waals surface area contributed by atoms with Crippen molar-refractivity contribution in [2.24, 2.45) is 0 Å². The molecule has 0 aliphatic carbocycles. The van der Waals surface area contributed by atoms with Gasteiger partial charge in [0.25, 0.3) is 5.91 Å². The molecule has 144 valence electrons. The van der Waals surface area contributed by atoms with E-state index in [1.165, 1.54) is 0 Å². The average Bonchev–Trinajstić information content (AvgIpc) is 3.16. The van der Waals surface area contributed by atoms with Crippen LogP contribution >= 0.6 is 11.6 Å². The Kier molecular flexibility index (Phi) is 6.18. The van der Waals surface area contributed by atoms with Crippen molar-refractivity contribution in [3.63, 3.8) is 0 Å². The van der Waals surface area contributed by atoms with E-state index in [2.05, 4.69) is 5.10 Å². The molecule has 0 radical (unpaired) electrons. The summed E-state index contributed by atoms with van der Waals surface area (Å²) in [7, 11) is 0. The number of hydrogen-bond donors (Lipinski definition) is 0. The van der Waals surface area contributed by atoms with E-state index < -0.39 is 0 Å². The van der Waals surface area contributed by atoms with Crippen LogP contribution in [-0.4, -0.2) is 64.4 Å². The largest absolute Gasteiger partial charge is 0.471 e. The molecule has 0 spiro atoms. The highest BCUT2D eigenvalue weighted by atomic mass is 35.5. The summed E-state index contributed by atoms with van der Waals surface area (Å²) in [6, 6.07) is 8.67. The minimum Gasteiger partial charge on any atom is -0.471 e. The Labute approximate surface area is 162 Å². The van der Waals surface area contributed by atoms with E-state index in [0.717, 1.165) is 0 Å². The van der Waals surface area contributed by atoms with Gasteiger partial charge in [-0.1, -0.05) is 11.6 Å². The van der Waals surface area contributed by atoms with Gasteiger partial charge in [-0.2, -0.15) is 5.10 Å². The van der Waals surface area contributed by atoms with Crippen molar-refractivity contribution in [2.45, 2.75) is 13.7 Å². The fourth-order valence-corrected chi connectivity index (χ4v) is 2.81. The van der Waals surface area contributed by atoms with Crippen molar-refractivity contribution in [2.75, 3.05) is 32.8 Å². The first-order valence-electron chi connectivity index (χ1n) is 8.69. The molecule has 2 heterocycles. The maximum Gasteiger partial charge on any atom is 0.409 e. The lowest BCUT2D eigenvalue weighted by Crippen LogP contribution is -2.50. The van der Waals surface area contributed by atoms with Crippen LogP contribution in [0.5, 0.6) is 5.75 Å². The maximum atomic E-state index is 12.6. The standard InChI is InChI=1S/C18H21ClN4O4/c1-2-26-18(25)22-11-9-21(10-12-22)17(24)16-7-8-23(20-16)13-27-15-5-3-14(19)4-6-15/h3-8H,2,9-13H2,1H3. The highest BCUT2D eigenvalue weighted by Crippen LogP contribution is 2.16. The van der Waals surface area contributed by atoms with Crippen LogP contribution in [0.2, 0.25) is 5.02 Å². The Hall–Kier alpha value is -2.74. The number of amides is 2. The number of benzene rings is 1. The quantitative estimate of drug-likeness (QED) is 0.781. The highest BCUT2D eigenvalue weighted by Gasteiger charge is 2.26. The molecule has 0 bridgehead atoms. The van der Waals surface area contributed by atoms with Crippen molar-refractivity contribution in [1.82, 2.24) is 19.6 Å². The third-order valence-corrected chi connectivity index (χ3v) is 4.38. The normalized spacial score (nSPS) is 14.1. The van der Waals surface area contributed by atoms with Crippen molar-refractivity contribution >= 4 is 23.6 Å². The van der Waals surface area contributed by atoms with E-state index in [1.54, 1.807) is 57.9 Å². The summed E-state index contributed by atoms with van der Waals surface area (Å²) in [6.45, 7) is 4.09. The maximum absolute atomic E-state index is 12.6. The molecule has 0 N–H and O–H groups in total. The first kappa shape index (κ1) is 19.0. The van der Waals surface area contributed by atoms with E-state index in [-0.39, 0.29) is 18.7 Å². The molecule has 1 aromatic heterocycles. The van der Waals surface area contributed by atoms with Gasteiger partial charge in [-0.05, 0) is 37.3 Å². The van der Waals surface area contributed by atoms with E-state index in [0.29, 0.717) is 49.3 Å². The van der Waals surface area contributed by atoms with Crippen LogP contribution in [-0.2, 0) is 11.5 Å². The third-order valence-electron chi connectivity index (χ3n) is 4.13. The second-order valence-corrected chi connectivity index (χ2v) is 6.38. The first-order valence-corrected chi connectivity index (χ1v) is 9.07. The Morgan fingerprint density at radius 1 is 1.07 bits per heavy atom.